The molecule has 0 saturated heterocycles. The Morgan fingerprint density at radius 2 is 1.72 bits per heavy atom. The zero-order valence-electron chi connectivity index (χ0n) is 16.2. The van der Waals surface area contributed by atoms with E-state index >= 15 is 0 Å². The third-order valence-corrected chi connectivity index (χ3v) is 5.04. The van der Waals surface area contributed by atoms with Crippen LogP contribution in [0.3, 0.4) is 0 Å². The van der Waals surface area contributed by atoms with Crippen molar-refractivity contribution in [2.75, 3.05) is 0 Å². The fraction of sp³-hybridized carbons (Fsp3) is 0.500. The molecule has 0 saturated carbocycles. The first-order valence-electron chi connectivity index (χ1n) is 9.60. The Morgan fingerprint density at radius 3 is 2.32 bits per heavy atom. The first kappa shape index (κ1) is 19.3. The highest BCUT2D eigenvalue weighted by molar-refractivity contribution is 6.02. The molecule has 1 aromatic carbocycles. The molecule has 136 valence electrons. The van der Waals surface area contributed by atoms with E-state index in [1.165, 1.54) is 24.1 Å². The van der Waals surface area contributed by atoms with E-state index in [0.29, 0.717) is 5.56 Å². The summed E-state index contributed by atoms with van der Waals surface area (Å²) in [5, 5.41) is 0. The minimum absolute atomic E-state index is 0.317. The number of nitrogens with two attached hydrogens (primary N) is 1. The van der Waals surface area contributed by atoms with Gasteiger partial charge in [-0.2, -0.15) is 0 Å². The number of unbranched alkanes of at least 4 members (excludes halogenated alkanes) is 3. The molecule has 0 aliphatic carbocycles. The SMILES string of the molecule is CCCCCc1c(-c2ccccc2C)c(C(N)=O)c(C)n1CCCC. The molecule has 0 atom stereocenters. The molecule has 1 heterocycles. The van der Waals surface area contributed by atoms with Crippen molar-refractivity contribution in [1.29, 1.82) is 0 Å². The monoisotopic (exact) mass is 340 g/mol. The summed E-state index contributed by atoms with van der Waals surface area (Å²) in [5.74, 6) is -0.317. The van der Waals surface area contributed by atoms with Gasteiger partial charge in [-0.05, 0) is 44.2 Å². The highest BCUT2D eigenvalue weighted by Crippen LogP contribution is 2.35. The number of rotatable bonds is 9. The maximum Gasteiger partial charge on any atom is 0.251 e. The number of nitrogens with zero attached hydrogens (tertiary/aromatic N) is 1. The minimum atomic E-state index is -0.317. The predicted molar refractivity (Wildman–Crippen MR) is 106 cm³/mol. The van der Waals surface area contributed by atoms with Crippen molar-refractivity contribution in [3.63, 3.8) is 0 Å². The number of primary amides is 1. The van der Waals surface area contributed by atoms with E-state index < -0.39 is 0 Å². The molecule has 0 radical (unpaired) electrons. The molecule has 25 heavy (non-hydrogen) atoms. The molecule has 0 unspecified atom stereocenters. The highest BCUT2D eigenvalue weighted by atomic mass is 16.1. The van der Waals surface area contributed by atoms with Crippen molar-refractivity contribution in [2.24, 2.45) is 5.73 Å². The van der Waals surface area contributed by atoms with E-state index in [1.807, 2.05) is 19.1 Å². The Hall–Kier alpha value is -2.03. The van der Waals surface area contributed by atoms with Crippen LogP contribution in [-0.2, 0) is 13.0 Å². The zero-order valence-corrected chi connectivity index (χ0v) is 16.2. The maximum atomic E-state index is 12.3. The van der Waals surface area contributed by atoms with Crippen LogP contribution in [0.2, 0.25) is 0 Å². The van der Waals surface area contributed by atoms with Gasteiger partial charge in [-0.25, -0.2) is 0 Å². The van der Waals surface area contributed by atoms with Crippen molar-refractivity contribution >= 4 is 5.91 Å². The average molecular weight is 341 g/mol. The van der Waals surface area contributed by atoms with Gasteiger partial charge in [0.25, 0.3) is 5.91 Å². The van der Waals surface area contributed by atoms with Gasteiger partial charge in [-0.3, -0.25) is 4.79 Å². The molecule has 1 aromatic heterocycles. The normalized spacial score (nSPS) is 11.0. The van der Waals surface area contributed by atoms with Crippen LogP contribution in [0.1, 0.15) is 73.3 Å². The molecule has 3 heteroatoms. The Balaban J connectivity index is 2.67. The van der Waals surface area contributed by atoms with E-state index in [-0.39, 0.29) is 5.91 Å². The van der Waals surface area contributed by atoms with Crippen molar-refractivity contribution in [3.05, 3.63) is 46.8 Å². The largest absolute Gasteiger partial charge is 0.366 e. The summed E-state index contributed by atoms with van der Waals surface area (Å²) >= 11 is 0. The first-order chi connectivity index (χ1) is 12.0. The number of benzene rings is 1. The zero-order chi connectivity index (χ0) is 18.4. The Kier molecular flexibility index (Phi) is 6.86. The second kappa shape index (κ2) is 8.89. The summed E-state index contributed by atoms with van der Waals surface area (Å²) in [4.78, 5) is 12.3. The standard InChI is InChI=1S/C22H32N2O/c1-5-7-9-14-19-21(18-13-11-10-12-16(18)3)20(22(23)25)17(4)24(19)15-8-6-2/h10-13H,5-9,14-15H2,1-4H3,(H2,23,25). The van der Waals surface area contributed by atoms with E-state index in [2.05, 4.69) is 37.5 Å². The van der Waals surface area contributed by atoms with Crippen LogP contribution in [-0.4, -0.2) is 10.5 Å². The molecular weight excluding hydrogens is 308 g/mol. The van der Waals surface area contributed by atoms with Crippen LogP contribution < -0.4 is 5.73 Å². The van der Waals surface area contributed by atoms with Gasteiger partial charge in [-0.1, -0.05) is 57.4 Å². The molecule has 0 aliphatic heterocycles. The van der Waals surface area contributed by atoms with Gasteiger partial charge < -0.3 is 10.3 Å². The van der Waals surface area contributed by atoms with Crippen LogP contribution >= 0.6 is 0 Å². The minimum Gasteiger partial charge on any atom is -0.366 e. The Bertz CT molecular complexity index is 728. The van der Waals surface area contributed by atoms with E-state index in [4.69, 9.17) is 5.73 Å². The number of carbonyl (C=O) groups excluding carboxylic acids is 1. The summed E-state index contributed by atoms with van der Waals surface area (Å²) in [6, 6.07) is 8.31. The van der Waals surface area contributed by atoms with Crippen LogP contribution in [0.4, 0.5) is 0 Å². The van der Waals surface area contributed by atoms with Gasteiger partial charge in [0.1, 0.15) is 0 Å². The van der Waals surface area contributed by atoms with E-state index in [9.17, 15) is 4.79 Å². The van der Waals surface area contributed by atoms with Gasteiger partial charge in [-0.15, -0.1) is 0 Å². The van der Waals surface area contributed by atoms with Crippen LogP contribution in [0.5, 0.6) is 0 Å². The number of amides is 1. The fourth-order valence-electron chi connectivity index (χ4n) is 3.66. The quantitative estimate of drug-likeness (QED) is 0.610. The summed E-state index contributed by atoms with van der Waals surface area (Å²) in [7, 11) is 0. The maximum absolute atomic E-state index is 12.3. The number of aryl methyl sites for hydroxylation is 1. The molecule has 0 aliphatic rings. The molecule has 0 spiro atoms. The third-order valence-electron chi connectivity index (χ3n) is 5.04. The summed E-state index contributed by atoms with van der Waals surface area (Å²) in [5.41, 5.74) is 12.2. The van der Waals surface area contributed by atoms with E-state index in [0.717, 1.165) is 49.0 Å². The first-order valence-corrected chi connectivity index (χ1v) is 9.60. The predicted octanol–water partition coefficient (Wildman–Crippen LogP) is 5.40. The summed E-state index contributed by atoms with van der Waals surface area (Å²) in [6.45, 7) is 9.52. The lowest BCUT2D eigenvalue weighted by Crippen LogP contribution is -2.13. The summed E-state index contributed by atoms with van der Waals surface area (Å²) in [6.07, 6.45) is 6.78. The smallest absolute Gasteiger partial charge is 0.251 e. The van der Waals surface area contributed by atoms with Crippen molar-refractivity contribution < 1.29 is 4.79 Å². The molecular formula is C22H32N2O. The Morgan fingerprint density at radius 1 is 1.04 bits per heavy atom. The average Bonchev–Trinajstić information content (AvgIpc) is 2.85. The van der Waals surface area contributed by atoms with Gasteiger partial charge in [0.15, 0.2) is 0 Å². The lowest BCUT2D eigenvalue weighted by atomic mass is 9.94. The van der Waals surface area contributed by atoms with Gasteiger partial charge in [0.2, 0.25) is 0 Å². The second-order valence-corrected chi connectivity index (χ2v) is 6.92. The molecule has 1 amide bonds. The van der Waals surface area contributed by atoms with Crippen molar-refractivity contribution in [1.82, 2.24) is 4.57 Å². The number of carbonyl (C=O) groups is 1. The topological polar surface area (TPSA) is 48.0 Å². The number of aromatic nitrogens is 1. The van der Waals surface area contributed by atoms with Crippen molar-refractivity contribution in [2.45, 2.75) is 72.8 Å². The number of hydrogen-bond acceptors (Lipinski definition) is 1. The third kappa shape index (κ3) is 4.15. The highest BCUT2D eigenvalue weighted by Gasteiger charge is 2.24. The van der Waals surface area contributed by atoms with Crippen LogP contribution in [0.25, 0.3) is 11.1 Å². The molecule has 2 N–H and O–H groups in total. The van der Waals surface area contributed by atoms with Gasteiger partial charge in [0.05, 0.1) is 5.56 Å². The molecule has 0 bridgehead atoms. The molecule has 2 rings (SSSR count). The van der Waals surface area contributed by atoms with Crippen molar-refractivity contribution in [3.8, 4) is 11.1 Å². The molecule has 3 nitrogen and oxygen atoms in total. The van der Waals surface area contributed by atoms with Crippen LogP contribution in [0, 0.1) is 13.8 Å². The summed E-state index contributed by atoms with van der Waals surface area (Å²) < 4.78 is 2.35. The second-order valence-electron chi connectivity index (χ2n) is 6.92. The van der Waals surface area contributed by atoms with Crippen LogP contribution in [0.15, 0.2) is 24.3 Å². The fourth-order valence-corrected chi connectivity index (χ4v) is 3.66. The Labute approximate surface area is 152 Å². The van der Waals surface area contributed by atoms with Gasteiger partial charge >= 0.3 is 0 Å². The lowest BCUT2D eigenvalue weighted by Gasteiger charge is -2.14. The molecule has 2 aromatic rings. The number of hydrogen-bond donors (Lipinski definition) is 1. The molecule has 0 fully saturated rings. The lowest BCUT2D eigenvalue weighted by molar-refractivity contribution is 0.1000. The van der Waals surface area contributed by atoms with Gasteiger partial charge in [0, 0.05) is 23.5 Å². The van der Waals surface area contributed by atoms with E-state index in [1.54, 1.807) is 0 Å².